The van der Waals surface area contributed by atoms with Crippen LogP contribution in [0.3, 0.4) is 0 Å². The molecule has 2 heterocycles. The van der Waals surface area contributed by atoms with Gasteiger partial charge in [-0.05, 0) is 81.7 Å². The summed E-state index contributed by atoms with van der Waals surface area (Å²) in [6.45, 7) is 7.51. The van der Waals surface area contributed by atoms with Gasteiger partial charge in [-0.25, -0.2) is 0 Å². The minimum atomic E-state index is -4.29. The molecule has 2 saturated heterocycles. The number of carbonyl (C=O) groups excluding carboxylic acids is 2. The van der Waals surface area contributed by atoms with E-state index in [4.69, 9.17) is 0 Å². The van der Waals surface area contributed by atoms with Crippen LogP contribution in [-0.4, -0.2) is 73.5 Å². The molecule has 1 N–H and O–H groups in total. The van der Waals surface area contributed by atoms with Crippen LogP contribution in [0, 0.1) is 11.8 Å². The normalized spacial score (nSPS) is 24.6. The molecular weight excluding hydrogens is 469 g/mol. The Morgan fingerprint density at radius 1 is 0.889 bits per heavy atom. The van der Waals surface area contributed by atoms with Crippen LogP contribution in [0.15, 0.2) is 24.3 Å². The standard InChI is InChI=1S/C27H39F3N4O2/c1-20(35)33-14-11-22(12-15-33)26(36)31-24-6-2-21(3-7-24)10-13-32-16-18-34(19-17-32)25-8-4-23(5-9-25)27(28,29)30/h4-5,8-9,21-22,24H,2-3,6-7,10-19H2,1H3,(H,31,36). The lowest BCUT2D eigenvalue weighted by atomic mass is 9.83. The maximum absolute atomic E-state index is 12.8. The van der Waals surface area contributed by atoms with Crippen molar-refractivity contribution in [1.82, 2.24) is 15.1 Å². The van der Waals surface area contributed by atoms with E-state index in [2.05, 4.69) is 15.1 Å². The maximum atomic E-state index is 12.8. The van der Waals surface area contributed by atoms with Crippen molar-refractivity contribution >= 4 is 17.5 Å². The Morgan fingerprint density at radius 3 is 2.06 bits per heavy atom. The number of hydrogen-bond acceptors (Lipinski definition) is 4. The first-order valence-corrected chi connectivity index (χ1v) is 13.4. The van der Waals surface area contributed by atoms with E-state index >= 15 is 0 Å². The van der Waals surface area contributed by atoms with E-state index in [1.54, 1.807) is 19.1 Å². The van der Waals surface area contributed by atoms with E-state index < -0.39 is 11.7 Å². The maximum Gasteiger partial charge on any atom is 0.416 e. The number of carbonyl (C=O) groups is 2. The molecule has 9 heteroatoms. The van der Waals surface area contributed by atoms with Gasteiger partial charge in [-0.2, -0.15) is 13.2 Å². The second kappa shape index (κ2) is 11.8. The molecule has 0 atom stereocenters. The summed E-state index contributed by atoms with van der Waals surface area (Å²) >= 11 is 0. The Hall–Kier alpha value is -2.29. The molecule has 200 valence electrons. The number of alkyl halides is 3. The average molecular weight is 509 g/mol. The van der Waals surface area contributed by atoms with Crippen LogP contribution >= 0.6 is 0 Å². The van der Waals surface area contributed by atoms with Crippen molar-refractivity contribution in [2.75, 3.05) is 50.7 Å². The minimum absolute atomic E-state index is 0.0274. The number of rotatable bonds is 6. The SMILES string of the molecule is CC(=O)N1CCC(C(=O)NC2CCC(CCN3CCN(c4ccc(C(F)(F)F)cc4)CC3)CC2)CC1. The van der Waals surface area contributed by atoms with E-state index in [9.17, 15) is 22.8 Å². The van der Waals surface area contributed by atoms with Crippen LogP contribution < -0.4 is 10.2 Å². The van der Waals surface area contributed by atoms with Crippen LogP contribution in [0.25, 0.3) is 0 Å². The number of likely N-dealkylation sites (tertiary alicyclic amines) is 1. The molecule has 0 bridgehead atoms. The highest BCUT2D eigenvalue weighted by molar-refractivity contribution is 5.79. The van der Waals surface area contributed by atoms with E-state index in [0.717, 1.165) is 95.5 Å². The smallest absolute Gasteiger partial charge is 0.369 e. The Balaban J connectivity index is 1.11. The monoisotopic (exact) mass is 508 g/mol. The second-order valence-electron chi connectivity index (χ2n) is 10.7. The summed E-state index contributed by atoms with van der Waals surface area (Å²) < 4.78 is 38.4. The zero-order valence-corrected chi connectivity index (χ0v) is 21.2. The number of anilines is 1. The summed E-state index contributed by atoms with van der Waals surface area (Å²) in [4.78, 5) is 30.6. The van der Waals surface area contributed by atoms with Crippen molar-refractivity contribution in [1.29, 1.82) is 0 Å². The van der Waals surface area contributed by atoms with Gasteiger partial charge in [-0.15, -0.1) is 0 Å². The van der Waals surface area contributed by atoms with E-state index in [1.807, 2.05) is 4.90 Å². The predicted molar refractivity (Wildman–Crippen MR) is 134 cm³/mol. The van der Waals surface area contributed by atoms with Crippen LogP contribution in [0.4, 0.5) is 18.9 Å². The van der Waals surface area contributed by atoms with Gasteiger partial charge in [-0.3, -0.25) is 14.5 Å². The molecule has 0 unspecified atom stereocenters. The van der Waals surface area contributed by atoms with Gasteiger partial charge in [0, 0.05) is 63.8 Å². The van der Waals surface area contributed by atoms with Crippen LogP contribution in [-0.2, 0) is 15.8 Å². The summed E-state index contributed by atoms with van der Waals surface area (Å²) in [5.74, 6) is 0.963. The number of hydrogen-bond donors (Lipinski definition) is 1. The van der Waals surface area contributed by atoms with Crippen LogP contribution in [0.1, 0.15) is 57.4 Å². The highest BCUT2D eigenvalue weighted by Crippen LogP contribution is 2.31. The number of amides is 2. The molecule has 1 saturated carbocycles. The third-order valence-corrected chi connectivity index (χ3v) is 8.29. The first kappa shape index (κ1) is 26.8. The summed E-state index contributed by atoms with van der Waals surface area (Å²) in [5.41, 5.74) is 0.251. The number of nitrogens with zero attached hydrogens (tertiary/aromatic N) is 3. The average Bonchev–Trinajstić information content (AvgIpc) is 2.88. The zero-order valence-electron chi connectivity index (χ0n) is 21.2. The molecule has 6 nitrogen and oxygen atoms in total. The van der Waals surface area contributed by atoms with Crippen molar-refractivity contribution in [2.45, 2.75) is 64.1 Å². The Kier molecular flexibility index (Phi) is 8.80. The molecule has 1 aliphatic carbocycles. The fraction of sp³-hybridized carbons (Fsp3) is 0.704. The number of piperazine rings is 1. The zero-order chi connectivity index (χ0) is 25.7. The van der Waals surface area contributed by atoms with Crippen molar-refractivity contribution < 1.29 is 22.8 Å². The van der Waals surface area contributed by atoms with E-state index in [0.29, 0.717) is 19.0 Å². The molecule has 1 aromatic rings. The molecule has 2 amide bonds. The second-order valence-corrected chi connectivity index (χ2v) is 10.7. The molecule has 1 aromatic carbocycles. The van der Waals surface area contributed by atoms with Gasteiger partial charge in [0.25, 0.3) is 0 Å². The number of halogens is 3. The Bertz CT molecular complexity index is 868. The third-order valence-electron chi connectivity index (χ3n) is 8.29. The molecule has 3 fully saturated rings. The van der Waals surface area contributed by atoms with Gasteiger partial charge < -0.3 is 15.1 Å². The minimum Gasteiger partial charge on any atom is -0.369 e. The van der Waals surface area contributed by atoms with Crippen LogP contribution in [0.5, 0.6) is 0 Å². The molecule has 2 aliphatic heterocycles. The molecule has 3 aliphatic rings. The topological polar surface area (TPSA) is 55.9 Å². The van der Waals surface area contributed by atoms with E-state index in [-0.39, 0.29) is 23.8 Å². The summed E-state index contributed by atoms with van der Waals surface area (Å²) in [7, 11) is 0. The number of benzene rings is 1. The largest absolute Gasteiger partial charge is 0.416 e. The fourth-order valence-electron chi connectivity index (χ4n) is 5.83. The Morgan fingerprint density at radius 2 is 1.50 bits per heavy atom. The molecule has 0 aromatic heterocycles. The van der Waals surface area contributed by atoms with Crippen molar-refractivity contribution in [3.8, 4) is 0 Å². The van der Waals surface area contributed by atoms with E-state index in [1.165, 1.54) is 0 Å². The molecule has 0 radical (unpaired) electrons. The first-order valence-electron chi connectivity index (χ1n) is 13.4. The van der Waals surface area contributed by atoms with Gasteiger partial charge in [0.1, 0.15) is 0 Å². The van der Waals surface area contributed by atoms with Gasteiger partial charge in [-0.1, -0.05) is 0 Å². The lowest BCUT2D eigenvalue weighted by Crippen LogP contribution is -2.47. The lowest BCUT2D eigenvalue weighted by molar-refractivity contribution is -0.137. The number of piperidine rings is 1. The Labute approximate surface area is 212 Å². The predicted octanol–water partition coefficient (Wildman–Crippen LogP) is 4.15. The van der Waals surface area contributed by atoms with Gasteiger partial charge in [0.05, 0.1) is 5.56 Å². The van der Waals surface area contributed by atoms with Gasteiger partial charge in [0.2, 0.25) is 11.8 Å². The third kappa shape index (κ3) is 7.14. The van der Waals surface area contributed by atoms with Gasteiger partial charge in [0.15, 0.2) is 0 Å². The van der Waals surface area contributed by atoms with Crippen molar-refractivity contribution in [2.24, 2.45) is 11.8 Å². The molecular formula is C27H39F3N4O2. The lowest BCUT2D eigenvalue weighted by Gasteiger charge is -2.37. The fourth-order valence-corrected chi connectivity index (χ4v) is 5.83. The van der Waals surface area contributed by atoms with Gasteiger partial charge >= 0.3 is 6.18 Å². The summed E-state index contributed by atoms with van der Waals surface area (Å²) in [6, 6.07) is 5.75. The summed E-state index contributed by atoms with van der Waals surface area (Å²) in [5, 5.41) is 3.27. The quantitative estimate of drug-likeness (QED) is 0.627. The van der Waals surface area contributed by atoms with Crippen molar-refractivity contribution in [3.05, 3.63) is 29.8 Å². The molecule has 0 spiro atoms. The first-order chi connectivity index (χ1) is 17.2. The highest BCUT2D eigenvalue weighted by atomic mass is 19.4. The summed E-state index contributed by atoms with van der Waals surface area (Å²) in [6.07, 6.45) is 2.72. The molecule has 4 rings (SSSR count). The van der Waals surface area contributed by atoms with Crippen LogP contribution in [0.2, 0.25) is 0 Å². The molecule has 36 heavy (non-hydrogen) atoms. The van der Waals surface area contributed by atoms with Crippen molar-refractivity contribution in [3.63, 3.8) is 0 Å². The highest BCUT2D eigenvalue weighted by Gasteiger charge is 2.31. The number of nitrogens with one attached hydrogen (secondary N) is 1.